The first-order valence-electron chi connectivity index (χ1n) is 10.9. The van der Waals surface area contributed by atoms with Crippen LogP contribution >= 0.6 is 0 Å². The average Bonchev–Trinajstić information content (AvgIpc) is 2.97. The lowest BCUT2D eigenvalue weighted by molar-refractivity contribution is 0.102. The van der Waals surface area contributed by atoms with Gasteiger partial charge in [-0.2, -0.15) is 5.10 Å². The van der Waals surface area contributed by atoms with Gasteiger partial charge in [0.1, 0.15) is 12.4 Å². The zero-order valence-electron chi connectivity index (χ0n) is 18.2. The van der Waals surface area contributed by atoms with Gasteiger partial charge in [0.25, 0.3) is 5.91 Å². The monoisotopic (exact) mass is 419 g/mol. The molecule has 162 valence electrons. The Morgan fingerprint density at radius 2 is 1.87 bits per heavy atom. The van der Waals surface area contributed by atoms with Crippen LogP contribution in [0.15, 0.2) is 48.5 Å². The maximum Gasteiger partial charge on any atom is 0.276 e. The van der Waals surface area contributed by atoms with Crippen LogP contribution < -0.4 is 10.1 Å². The summed E-state index contributed by atoms with van der Waals surface area (Å²) in [5, 5.41) is 7.80. The number of rotatable bonds is 7. The van der Waals surface area contributed by atoms with E-state index in [2.05, 4.69) is 5.32 Å². The summed E-state index contributed by atoms with van der Waals surface area (Å²) in [5.41, 5.74) is 5.40. The van der Waals surface area contributed by atoms with Gasteiger partial charge in [0.2, 0.25) is 0 Å². The minimum atomic E-state index is -0.201. The summed E-state index contributed by atoms with van der Waals surface area (Å²) in [7, 11) is 1.64. The van der Waals surface area contributed by atoms with E-state index in [4.69, 9.17) is 14.6 Å². The van der Waals surface area contributed by atoms with E-state index in [1.165, 1.54) is 6.42 Å². The Hall–Kier alpha value is -3.12. The van der Waals surface area contributed by atoms with Gasteiger partial charge < -0.3 is 14.8 Å². The molecule has 6 nitrogen and oxygen atoms in total. The van der Waals surface area contributed by atoms with Gasteiger partial charge in [0.05, 0.1) is 18.0 Å². The van der Waals surface area contributed by atoms with Gasteiger partial charge in [0.15, 0.2) is 5.69 Å². The Balaban J connectivity index is 1.66. The Bertz CT molecular complexity index is 1040. The highest BCUT2D eigenvalue weighted by molar-refractivity contribution is 6.05. The van der Waals surface area contributed by atoms with Crippen LogP contribution in [0.5, 0.6) is 5.75 Å². The summed E-state index contributed by atoms with van der Waals surface area (Å²) in [6.07, 6.45) is 5.15. The molecule has 1 aromatic heterocycles. The van der Waals surface area contributed by atoms with Gasteiger partial charge >= 0.3 is 0 Å². The summed E-state index contributed by atoms with van der Waals surface area (Å²) >= 11 is 0. The van der Waals surface area contributed by atoms with Crippen molar-refractivity contribution in [2.24, 2.45) is 0 Å². The maximum absolute atomic E-state index is 13.3. The molecule has 0 atom stereocenters. The zero-order valence-corrected chi connectivity index (χ0v) is 18.2. The molecular formula is C25H29N3O3. The first kappa shape index (κ1) is 21.1. The van der Waals surface area contributed by atoms with Crippen molar-refractivity contribution in [1.29, 1.82) is 0 Å². The predicted molar refractivity (Wildman–Crippen MR) is 121 cm³/mol. The van der Waals surface area contributed by atoms with Crippen LogP contribution in [0, 0.1) is 6.92 Å². The van der Waals surface area contributed by atoms with Crippen molar-refractivity contribution in [2.45, 2.75) is 39.0 Å². The van der Waals surface area contributed by atoms with Gasteiger partial charge in [-0.25, -0.2) is 4.68 Å². The van der Waals surface area contributed by atoms with E-state index in [-0.39, 0.29) is 5.91 Å². The van der Waals surface area contributed by atoms with Crippen LogP contribution in [-0.2, 0) is 17.6 Å². The molecule has 0 unspecified atom stereocenters. The third kappa shape index (κ3) is 4.80. The lowest BCUT2D eigenvalue weighted by Gasteiger charge is -2.13. The quantitative estimate of drug-likeness (QED) is 0.444. The van der Waals surface area contributed by atoms with Gasteiger partial charge in [-0.15, -0.1) is 0 Å². The molecule has 0 radical (unpaired) electrons. The Morgan fingerprint density at radius 3 is 2.68 bits per heavy atom. The number of fused-ring (bicyclic) bond motifs is 1. The zero-order chi connectivity index (χ0) is 21.6. The second kappa shape index (κ2) is 9.79. The van der Waals surface area contributed by atoms with E-state index in [0.717, 1.165) is 48.2 Å². The first-order chi connectivity index (χ1) is 15.2. The lowest BCUT2D eigenvalue weighted by Crippen LogP contribution is -2.16. The molecular weight excluding hydrogens is 390 g/mol. The average molecular weight is 420 g/mol. The molecule has 1 N–H and O–H groups in total. The number of hydrogen-bond acceptors (Lipinski definition) is 4. The number of carbonyl (C=O) groups excluding carboxylic acids is 1. The number of nitrogens with one attached hydrogen (secondary N) is 1. The molecule has 2 aromatic carbocycles. The largest absolute Gasteiger partial charge is 0.489 e. The highest BCUT2D eigenvalue weighted by atomic mass is 16.5. The van der Waals surface area contributed by atoms with Crippen molar-refractivity contribution in [3.63, 3.8) is 0 Å². The number of ether oxygens (including phenoxy) is 2. The first-order valence-corrected chi connectivity index (χ1v) is 10.9. The molecule has 1 amide bonds. The molecule has 0 saturated carbocycles. The number of para-hydroxylation sites is 1. The summed E-state index contributed by atoms with van der Waals surface area (Å²) in [6.45, 7) is 2.90. The fourth-order valence-electron chi connectivity index (χ4n) is 4.01. The standard InChI is InChI=1S/C25H29N3O3/c1-18-13-14-21(23(17-18)31-16-15-30-2)26-25(29)24-20-11-7-4-8-12-22(20)28(27-24)19-9-5-3-6-10-19/h3,5-6,9-10,13-14,17H,4,7-8,11-12,15-16H2,1-2H3,(H,26,29). The normalized spacial score (nSPS) is 13.4. The van der Waals surface area contributed by atoms with E-state index in [1.807, 2.05) is 60.1 Å². The van der Waals surface area contributed by atoms with Crippen molar-refractivity contribution in [3.8, 4) is 11.4 Å². The van der Waals surface area contributed by atoms with Gasteiger partial charge in [-0.3, -0.25) is 4.79 Å². The number of anilines is 1. The molecule has 0 saturated heterocycles. The summed E-state index contributed by atoms with van der Waals surface area (Å²) in [4.78, 5) is 13.3. The minimum Gasteiger partial charge on any atom is -0.489 e. The maximum atomic E-state index is 13.3. The van der Waals surface area contributed by atoms with E-state index in [1.54, 1.807) is 7.11 Å². The summed E-state index contributed by atoms with van der Waals surface area (Å²) in [6, 6.07) is 15.8. The van der Waals surface area contributed by atoms with Crippen molar-refractivity contribution in [3.05, 3.63) is 71.0 Å². The molecule has 0 fully saturated rings. The fourth-order valence-corrected chi connectivity index (χ4v) is 4.01. The highest BCUT2D eigenvalue weighted by Gasteiger charge is 2.25. The second-order valence-corrected chi connectivity index (χ2v) is 7.88. The molecule has 1 aliphatic carbocycles. The number of carbonyl (C=O) groups is 1. The molecule has 31 heavy (non-hydrogen) atoms. The third-order valence-corrected chi connectivity index (χ3v) is 5.58. The summed E-state index contributed by atoms with van der Waals surface area (Å²) < 4.78 is 12.9. The van der Waals surface area contributed by atoms with Crippen molar-refractivity contribution < 1.29 is 14.3 Å². The second-order valence-electron chi connectivity index (χ2n) is 7.88. The van der Waals surface area contributed by atoms with Gasteiger partial charge in [-0.05, 0) is 62.4 Å². The molecule has 3 aromatic rings. The number of nitrogens with zero attached hydrogens (tertiary/aromatic N) is 2. The van der Waals surface area contributed by atoms with Crippen LogP contribution in [0.3, 0.4) is 0 Å². The number of hydrogen-bond donors (Lipinski definition) is 1. The van der Waals surface area contributed by atoms with E-state index < -0.39 is 0 Å². The smallest absolute Gasteiger partial charge is 0.276 e. The van der Waals surface area contributed by atoms with Crippen molar-refractivity contribution in [2.75, 3.05) is 25.6 Å². The van der Waals surface area contributed by atoms with Gasteiger partial charge in [-0.1, -0.05) is 30.7 Å². The number of aryl methyl sites for hydroxylation is 1. The van der Waals surface area contributed by atoms with Crippen LogP contribution in [-0.4, -0.2) is 36.0 Å². The summed E-state index contributed by atoms with van der Waals surface area (Å²) in [5.74, 6) is 0.437. The molecule has 0 bridgehead atoms. The van der Waals surface area contributed by atoms with Crippen molar-refractivity contribution in [1.82, 2.24) is 9.78 Å². The Kier molecular flexibility index (Phi) is 6.67. The number of aromatic nitrogens is 2. The molecule has 0 spiro atoms. The third-order valence-electron chi connectivity index (χ3n) is 5.58. The molecule has 0 aliphatic heterocycles. The topological polar surface area (TPSA) is 65.4 Å². The van der Waals surface area contributed by atoms with Crippen molar-refractivity contribution >= 4 is 11.6 Å². The van der Waals surface area contributed by atoms with Crippen LogP contribution in [0.1, 0.15) is 46.6 Å². The molecule has 4 rings (SSSR count). The number of amides is 1. The SMILES string of the molecule is COCCOc1cc(C)ccc1NC(=O)c1nn(-c2ccccc2)c2c1CCCCC2. The molecule has 6 heteroatoms. The Morgan fingerprint density at radius 1 is 1.06 bits per heavy atom. The number of benzene rings is 2. The molecule has 1 heterocycles. The Labute approximate surface area is 183 Å². The highest BCUT2D eigenvalue weighted by Crippen LogP contribution is 2.29. The fraction of sp³-hybridized carbons (Fsp3) is 0.360. The number of methoxy groups -OCH3 is 1. The predicted octanol–water partition coefficient (Wildman–Crippen LogP) is 4.73. The van der Waals surface area contributed by atoms with Gasteiger partial charge in [0, 0.05) is 18.4 Å². The van der Waals surface area contributed by atoms with Crippen LogP contribution in [0.2, 0.25) is 0 Å². The van der Waals surface area contributed by atoms with Crippen LogP contribution in [0.25, 0.3) is 5.69 Å². The minimum absolute atomic E-state index is 0.201. The van der Waals surface area contributed by atoms with E-state index >= 15 is 0 Å². The van der Waals surface area contributed by atoms with E-state index in [0.29, 0.717) is 30.3 Å². The van der Waals surface area contributed by atoms with Crippen LogP contribution in [0.4, 0.5) is 5.69 Å². The lowest BCUT2D eigenvalue weighted by atomic mass is 10.1. The molecule has 1 aliphatic rings. The van der Waals surface area contributed by atoms with E-state index in [9.17, 15) is 4.79 Å².